The molecule has 0 aliphatic heterocycles. The zero-order chi connectivity index (χ0) is 19.2. The second-order valence-electron chi connectivity index (χ2n) is 6.29. The number of hydrogen-bond donors (Lipinski definition) is 1. The molecule has 1 amide bonds. The third-order valence-corrected chi connectivity index (χ3v) is 4.13. The molecule has 0 aliphatic rings. The third kappa shape index (κ3) is 4.33. The molecule has 142 valence electrons. The molecule has 2 aromatic heterocycles. The summed E-state index contributed by atoms with van der Waals surface area (Å²) < 4.78 is 2.52. The van der Waals surface area contributed by atoms with Gasteiger partial charge in [-0.2, -0.15) is 4.98 Å². The van der Waals surface area contributed by atoms with E-state index >= 15 is 0 Å². The molecule has 0 spiro atoms. The van der Waals surface area contributed by atoms with Crippen LogP contribution < -0.4 is 11.0 Å². The van der Waals surface area contributed by atoms with Gasteiger partial charge in [-0.1, -0.05) is 32.0 Å². The average molecular weight is 368 g/mol. The third-order valence-electron chi connectivity index (χ3n) is 4.13. The number of fused-ring (bicyclic) bond motifs is 1. The number of carbonyl (C=O) groups is 1. The number of carbonyl (C=O) groups excluding carboxylic acids is 1. The van der Waals surface area contributed by atoms with Crippen LogP contribution in [0.4, 0.5) is 11.5 Å². The Kier molecular flexibility index (Phi) is 5.85. The van der Waals surface area contributed by atoms with Crippen molar-refractivity contribution in [2.45, 2.75) is 33.2 Å². The highest BCUT2D eigenvalue weighted by atomic mass is 16.2. The molecular weight excluding hydrogens is 344 g/mol. The molecule has 8 nitrogen and oxygen atoms in total. The van der Waals surface area contributed by atoms with Crippen LogP contribution in [0.25, 0.3) is 5.78 Å². The smallest absolute Gasteiger partial charge is 0.341 e. The van der Waals surface area contributed by atoms with Gasteiger partial charge in [0, 0.05) is 25.0 Å². The van der Waals surface area contributed by atoms with Gasteiger partial charge in [0.05, 0.1) is 0 Å². The van der Waals surface area contributed by atoms with Gasteiger partial charge in [0.15, 0.2) is 0 Å². The molecule has 2 heterocycles. The molecule has 0 fully saturated rings. The molecule has 0 unspecified atom stereocenters. The van der Waals surface area contributed by atoms with Crippen molar-refractivity contribution in [2.24, 2.45) is 0 Å². The number of nitrogens with one attached hydrogen (secondary N) is 1. The van der Waals surface area contributed by atoms with Gasteiger partial charge in [0.1, 0.15) is 12.4 Å². The number of amides is 1. The Morgan fingerprint density at radius 2 is 1.81 bits per heavy atom. The van der Waals surface area contributed by atoms with E-state index in [1.165, 1.54) is 9.08 Å². The van der Waals surface area contributed by atoms with E-state index in [0.29, 0.717) is 18.9 Å². The van der Waals surface area contributed by atoms with Gasteiger partial charge in [-0.15, -0.1) is 5.10 Å². The summed E-state index contributed by atoms with van der Waals surface area (Å²) in [5.74, 6) is 0.730. The molecule has 27 heavy (non-hydrogen) atoms. The van der Waals surface area contributed by atoms with Gasteiger partial charge in [-0.05, 0) is 31.0 Å². The minimum atomic E-state index is -0.370. The SMILES string of the molecule is CCCN(CCC)C(=O)Cn1nc2nc(Nc3ccccc3)ccn2c1=O. The molecule has 3 aromatic rings. The summed E-state index contributed by atoms with van der Waals surface area (Å²) in [6, 6.07) is 11.3. The fraction of sp³-hybridized carbons (Fsp3) is 0.368. The molecule has 0 atom stereocenters. The van der Waals surface area contributed by atoms with Crippen LogP contribution >= 0.6 is 0 Å². The lowest BCUT2D eigenvalue weighted by Crippen LogP contribution is -2.37. The molecule has 0 aliphatic carbocycles. The summed E-state index contributed by atoms with van der Waals surface area (Å²) in [6.07, 6.45) is 3.36. The van der Waals surface area contributed by atoms with Gasteiger partial charge < -0.3 is 10.2 Å². The maximum absolute atomic E-state index is 12.5. The maximum atomic E-state index is 12.5. The summed E-state index contributed by atoms with van der Waals surface area (Å²) >= 11 is 0. The van der Waals surface area contributed by atoms with E-state index in [1.54, 1.807) is 17.2 Å². The Morgan fingerprint density at radius 3 is 2.48 bits per heavy atom. The first kappa shape index (κ1) is 18.6. The van der Waals surface area contributed by atoms with Crippen molar-refractivity contribution < 1.29 is 4.79 Å². The minimum absolute atomic E-state index is 0.0797. The summed E-state index contributed by atoms with van der Waals surface area (Å²) in [7, 11) is 0. The zero-order valence-corrected chi connectivity index (χ0v) is 15.6. The lowest BCUT2D eigenvalue weighted by molar-refractivity contribution is -0.132. The quantitative estimate of drug-likeness (QED) is 0.659. The second-order valence-corrected chi connectivity index (χ2v) is 6.29. The molecule has 8 heteroatoms. The highest BCUT2D eigenvalue weighted by Crippen LogP contribution is 2.13. The number of para-hydroxylation sites is 1. The second kappa shape index (κ2) is 8.48. The molecule has 0 saturated carbocycles. The van der Waals surface area contributed by atoms with Crippen molar-refractivity contribution in [3.05, 3.63) is 53.1 Å². The van der Waals surface area contributed by atoms with E-state index in [0.717, 1.165) is 18.5 Å². The summed E-state index contributed by atoms with van der Waals surface area (Å²) in [5, 5.41) is 7.39. The van der Waals surface area contributed by atoms with E-state index in [-0.39, 0.29) is 23.9 Å². The Labute approximate surface area is 157 Å². The molecule has 1 aromatic carbocycles. The molecular formula is C19H24N6O2. The van der Waals surface area contributed by atoms with Crippen LogP contribution in [0.2, 0.25) is 0 Å². The van der Waals surface area contributed by atoms with E-state index in [1.807, 2.05) is 44.2 Å². The summed E-state index contributed by atoms with van der Waals surface area (Å²) in [5.41, 5.74) is 0.520. The number of hydrogen-bond acceptors (Lipinski definition) is 5. The normalized spacial score (nSPS) is 10.9. The van der Waals surface area contributed by atoms with E-state index in [4.69, 9.17) is 0 Å². The van der Waals surface area contributed by atoms with Crippen molar-refractivity contribution in [1.29, 1.82) is 0 Å². The van der Waals surface area contributed by atoms with Crippen molar-refractivity contribution in [1.82, 2.24) is 24.1 Å². The van der Waals surface area contributed by atoms with Crippen LogP contribution in [-0.4, -0.2) is 43.1 Å². The van der Waals surface area contributed by atoms with Gasteiger partial charge in [0.2, 0.25) is 5.91 Å². The minimum Gasteiger partial charge on any atom is -0.341 e. The first-order valence-corrected chi connectivity index (χ1v) is 9.18. The van der Waals surface area contributed by atoms with Crippen LogP contribution in [0.15, 0.2) is 47.4 Å². The summed E-state index contributed by atoms with van der Waals surface area (Å²) in [6.45, 7) is 5.33. The number of rotatable bonds is 8. The topological polar surface area (TPSA) is 84.5 Å². The highest BCUT2D eigenvalue weighted by Gasteiger charge is 2.16. The van der Waals surface area contributed by atoms with Crippen LogP contribution in [0.1, 0.15) is 26.7 Å². The first-order valence-electron chi connectivity index (χ1n) is 9.18. The Hall–Kier alpha value is -3.16. The van der Waals surface area contributed by atoms with E-state index in [9.17, 15) is 9.59 Å². The number of aromatic nitrogens is 4. The predicted molar refractivity (Wildman–Crippen MR) is 104 cm³/mol. The predicted octanol–water partition coefficient (Wildman–Crippen LogP) is 2.28. The van der Waals surface area contributed by atoms with E-state index < -0.39 is 0 Å². The molecule has 0 saturated heterocycles. The van der Waals surface area contributed by atoms with Gasteiger partial charge in [0.25, 0.3) is 5.78 Å². The maximum Gasteiger partial charge on any atom is 0.352 e. The average Bonchev–Trinajstić information content (AvgIpc) is 2.97. The Balaban J connectivity index is 1.82. The lowest BCUT2D eigenvalue weighted by Gasteiger charge is -2.20. The van der Waals surface area contributed by atoms with Crippen LogP contribution in [0, 0.1) is 0 Å². The molecule has 1 N–H and O–H groups in total. The lowest BCUT2D eigenvalue weighted by atomic mass is 10.3. The molecule has 0 radical (unpaired) electrons. The zero-order valence-electron chi connectivity index (χ0n) is 15.6. The number of anilines is 2. The van der Waals surface area contributed by atoms with Crippen LogP contribution in [-0.2, 0) is 11.3 Å². The Bertz CT molecular complexity index is 957. The van der Waals surface area contributed by atoms with Crippen LogP contribution in [0.3, 0.4) is 0 Å². The van der Waals surface area contributed by atoms with Gasteiger partial charge in [-0.3, -0.25) is 4.79 Å². The largest absolute Gasteiger partial charge is 0.352 e. The Morgan fingerprint density at radius 1 is 1.11 bits per heavy atom. The first-order chi connectivity index (χ1) is 13.1. The fourth-order valence-corrected chi connectivity index (χ4v) is 2.88. The number of benzene rings is 1. The fourth-order valence-electron chi connectivity index (χ4n) is 2.88. The van der Waals surface area contributed by atoms with Crippen molar-refractivity contribution in [3.8, 4) is 0 Å². The van der Waals surface area contributed by atoms with Gasteiger partial charge in [-0.25, -0.2) is 13.9 Å². The van der Waals surface area contributed by atoms with Crippen molar-refractivity contribution >= 4 is 23.2 Å². The monoisotopic (exact) mass is 368 g/mol. The van der Waals surface area contributed by atoms with Crippen LogP contribution in [0.5, 0.6) is 0 Å². The van der Waals surface area contributed by atoms with E-state index in [2.05, 4.69) is 15.4 Å². The molecule has 3 rings (SSSR count). The standard InChI is InChI=1S/C19H24N6O2/c1-3-11-23(12-4-2)17(26)14-25-19(27)24-13-10-16(21-18(24)22-25)20-15-8-6-5-7-9-15/h5-10,13H,3-4,11-12,14H2,1-2H3,(H,20,21,22). The van der Waals surface area contributed by atoms with Crippen molar-refractivity contribution in [3.63, 3.8) is 0 Å². The summed E-state index contributed by atoms with van der Waals surface area (Å²) in [4.78, 5) is 31.2. The molecule has 0 bridgehead atoms. The highest BCUT2D eigenvalue weighted by molar-refractivity contribution is 5.75. The van der Waals surface area contributed by atoms with Crippen molar-refractivity contribution in [2.75, 3.05) is 18.4 Å². The van der Waals surface area contributed by atoms with Gasteiger partial charge >= 0.3 is 5.69 Å². The number of nitrogens with zero attached hydrogens (tertiary/aromatic N) is 5.